The number of nitrogens with zero attached hydrogens (tertiary/aromatic N) is 2. The van der Waals surface area contributed by atoms with E-state index in [0.29, 0.717) is 19.8 Å². The summed E-state index contributed by atoms with van der Waals surface area (Å²) in [5, 5.41) is 3.05. The van der Waals surface area contributed by atoms with Crippen LogP contribution >= 0.6 is 0 Å². The first kappa shape index (κ1) is 24.5. The molecule has 2 aliphatic rings. The Morgan fingerprint density at radius 1 is 1.09 bits per heavy atom. The van der Waals surface area contributed by atoms with Crippen LogP contribution in [0.2, 0.25) is 0 Å². The van der Waals surface area contributed by atoms with Gasteiger partial charge in [-0.3, -0.25) is 9.69 Å². The van der Waals surface area contributed by atoms with Crippen LogP contribution in [-0.4, -0.2) is 83.2 Å². The van der Waals surface area contributed by atoms with Crippen LogP contribution < -0.4 is 14.8 Å². The maximum atomic E-state index is 13.3. The maximum absolute atomic E-state index is 13.3. The lowest BCUT2D eigenvalue weighted by atomic mass is 10.1. The van der Waals surface area contributed by atoms with Gasteiger partial charge in [0.15, 0.2) is 11.5 Å². The number of benzene rings is 2. The summed E-state index contributed by atoms with van der Waals surface area (Å²) >= 11 is 0. The fraction of sp³-hybridized carbons (Fsp3) is 0.458. The van der Waals surface area contributed by atoms with Crippen molar-refractivity contribution in [2.24, 2.45) is 0 Å². The maximum Gasteiger partial charge on any atom is 0.255 e. The summed E-state index contributed by atoms with van der Waals surface area (Å²) in [6, 6.07) is 12.9. The summed E-state index contributed by atoms with van der Waals surface area (Å²) in [4.78, 5) is 15.6. The van der Waals surface area contributed by atoms with Gasteiger partial charge in [0, 0.05) is 44.8 Å². The molecule has 0 radical (unpaired) electrons. The van der Waals surface area contributed by atoms with Gasteiger partial charge in [-0.1, -0.05) is 30.3 Å². The van der Waals surface area contributed by atoms with Crippen molar-refractivity contribution in [3.8, 4) is 11.5 Å². The fourth-order valence-corrected chi connectivity index (χ4v) is 5.84. The number of methoxy groups -OCH3 is 2. The molecule has 2 aromatic rings. The predicted molar refractivity (Wildman–Crippen MR) is 127 cm³/mol. The third kappa shape index (κ3) is 5.35. The normalized spacial score (nSPS) is 19.6. The first-order valence-corrected chi connectivity index (χ1v) is 12.8. The van der Waals surface area contributed by atoms with E-state index in [2.05, 4.69) is 22.3 Å². The minimum absolute atomic E-state index is 0.00525. The van der Waals surface area contributed by atoms with E-state index < -0.39 is 10.0 Å². The van der Waals surface area contributed by atoms with Gasteiger partial charge in [0.1, 0.15) is 0 Å². The predicted octanol–water partition coefficient (Wildman–Crippen LogP) is 1.73. The Morgan fingerprint density at radius 3 is 2.50 bits per heavy atom. The van der Waals surface area contributed by atoms with Crippen molar-refractivity contribution in [1.82, 2.24) is 14.5 Å². The molecule has 34 heavy (non-hydrogen) atoms. The first-order valence-electron chi connectivity index (χ1n) is 11.3. The van der Waals surface area contributed by atoms with E-state index in [-0.39, 0.29) is 47.0 Å². The van der Waals surface area contributed by atoms with Crippen LogP contribution in [0.3, 0.4) is 0 Å². The van der Waals surface area contributed by atoms with E-state index in [1.165, 1.54) is 36.2 Å². The molecule has 0 aliphatic carbocycles. The zero-order valence-electron chi connectivity index (χ0n) is 19.5. The highest BCUT2D eigenvalue weighted by Gasteiger charge is 2.31. The number of ether oxygens (including phenoxy) is 3. The van der Waals surface area contributed by atoms with Gasteiger partial charge in [-0.2, -0.15) is 4.31 Å². The van der Waals surface area contributed by atoms with Gasteiger partial charge in [0.2, 0.25) is 10.0 Å². The van der Waals surface area contributed by atoms with Crippen LogP contribution in [0.25, 0.3) is 0 Å². The molecule has 0 spiro atoms. The summed E-state index contributed by atoms with van der Waals surface area (Å²) in [5.74, 6) is 0.0138. The van der Waals surface area contributed by atoms with E-state index in [1.54, 1.807) is 0 Å². The molecule has 9 nitrogen and oxygen atoms in total. The van der Waals surface area contributed by atoms with Gasteiger partial charge in [-0.05, 0) is 18.1 Å². The highest BCUT2D eigenvalue weighted by molar-refractivity contribution is 7.89. The number of amides is 1. The van der Waals surface area contributed by atoms with E-state index in [1.807, 2.05) is 18.2 Å². The number of nitrogens with one attached hydrogen (secondary N) is 1. The quantitative estimate of drug-likeness (QED) is 0.603. The number of carbonyl (C=O) groups is 1. The van der Waals surface area contributed by atoms with Gasteiger partial charge in [0.05, 0.1) is 37.9 Å². The number of rotatable bonds is 8. The lowest BCUT2D eigenvalue weighted by Gasteiger charge is -2.26. The van der Waals surface area contributed by atoms with Gasteiger partial charge in [-0.15, -0.1) is 0 Å². The molecule has 0 bridgehead atoms. The molecule has 0 aromatic heterocycles. The number of likely N-dealkylation sites (tertiary alicyclic amines) is 1. The Labute approximate surface area is 200 Å². The van der Waals surface area contributed by atoms with E-state index >= 15 is 0 Å². The van der Waals surface area contributed by atoms with E-state index in [9.17, 15) is 13.2 Å². The molecule has 1 unspecified atom stereocenters. The van der Waals surface area contributed by atoms with Gasteiger partial charge < -0.3 is 19.5 Å². The van der Waals surface area contributed by atoms with Crippen molar-refractivity contribution in [2.45, 2.75) is 23.9 Å². The zero-order valence-corrected chi connectivity index (χ0v) is 20.3. The largest absolute Gasteiger partial charge is 0.493 e. The smallest absolute Gasteiger partial charge is 0.255 e. The number of morpholine rings is 1. The van der Waals surface area contributed by atoms with Crippen molar-refractivity contribution in [2.75, 3.05) is 53.6 Å². The van der Waals surface area contributed by atoms with E-state index in [4.69, 9.17) is 14.2 Å². The number of hydrogen-bond acceptors (Lipinski definition) is 7. The second-order valence-electron chi connectivity index (χ2n) is 8.40. The fourth-order valence-electron chi connectivity index (χ4n) is 4.39. The van der Waals surface area contributed by atoms with Crippen LogP contribution in [0.4, 0.5) is 0 Å². The molecular formula is C24H31N3O6S. The van der Waals surface area contributed by atoms with Crippen LogP contribution in [0, 0.1) is 0 Å². The summed E-state index contributed by atoms with van der Waals surface area (Å²) in [5.41, 5.74) is 1.36. The molecule has 184 valence electrons. The highest BCUT2D eigenvalue weighted by Crippen LogP contribution is 2.35. The van der Waals surface area contributed by atoms with Crippen molar-refractivity contribution >= 4 is 15.9 Å². The monoisotopic (exact) mass is 489 g/mol. The Kier molecular flexibility index (Phi) is 7.72. The van der Waals surface area contributed by atoms with E-state index in [0.717, 1.165) is 19.5 Å². The van der Waals surface area contributed by atoms with Gasteiger partial charge in [0.25, 0.3) is 5.91 Å². The van der Waals surface area contributed by atoms with Gasteiger partial charge in [-0.25, -0.2) is 8.42 Å². The van der Waals surface area contributed by atoms with Crippen molar-refractivity contribution in [3.63, 3.8) is 0 Å². The third-order valence-electron chi connectivity index (χ3n) is 6.16. The molecule has 0 saturated carbocycles. The molecule has 1 atom stereocenters. The molecule has 2 aliphatic heterocycles. The van der Waals surface area contributed by atoms with Crippen LogP contribution in [0.5, 0.6) is 11.5 Å². The molecule has 2 fully saturated rings. The molecule has 1 N–H and O–H groups in total. The zero-order chi connectivity index (χ0) is 24.1. The molecule has 1 amide bonds. The van der Waals surface area contributed by atoms with Crippen molar-refractivity contribution < 1.29 is 27.4 Å². The summed E-state index contributed by atoms with van der Waals surface area (Å²) in [6.45, 7) is 3.59. The molecule has 4 rings (SSSR count). The third-order valence-corrected chi connectivity index (χ3v) is 8.04. The topological polar surface area (TPSA) is 97.4 Å². The molecule has 2 saturated heterocycles. The minimum Gasteiger partial charge on any atom is -0.493 e. The molecular weight excluding hydrogens is 458 g/mol. The Hall–Kier alpha value is -2.66. The average molecular weight is 490 g/mol. The Balaban J connectivity index is 1.53. The lowest BCUT2D eigenvalue weighted by Crippen LogP contribution is -2.41. The Bertz CT molecular complexity index is 1100. The van der Waals surface area contributed by atoms with Crippen LogP contribution in [0.1, 0.15) is 22.3 Å². The van der Waals surface area contributed by atoms with Crippen molar-refractivity contribution in [1.29, 1.82) is 0 Å². The molecule has 10 heteroatoms. The van der Waals surface area contributed by atoms with Crippen LogP contribution in [0.15, 0.2) is 47.4 Å². The molecule has 2 aromatic carbocycles. The summed E-state index contributed by atoms with van der Waals surface area (Å²) < 4.78 is 43.9. The Morgan fingerprint density at radius 2 is 1.82 bits per heavy atom. The highest BCUT2D eigenvalue weighted by atomic mass is 32.2. The number of hydrogen-bond donors (Lipinski definition) is 1. The standard InChI is InChI=1S/C24H31N3O6S/c1-31-22-15-20(34(29,30)27-10-12-33-13-11-27)14-21(23(22)32-2)24(28)25-19-8-9-26(17-19)16-18-6-4-3-5-7-18/h3-7,14-15,19H,8-13,16-17H2,1-2H3,(H,25,28). The second kappa shape index (κ2) is 10.7. The number of sulfonamides is 1. The molecule has 2 heterocycles. The SMILES string of the molecule is COc1cc(S(=O)(=O)N2CCOCC2)cc(C(=O)NC2CCN(Cc3ccccc3)C2)c1OC. The number of carbonyl (C=O) groups excluding carboxylic acids is 1. The summed E-state index contributed by atoms with van der Waals surface area (Å²) in [7, 11) is -0.964. The lowest BCUT2D eigenvalue weighted by molar-refractivity contribution is 0.0730. The minimum atomic E-state index is -3.82. The second-order valence-corrected chi connectivity index (χ2v) is 10.3. The summed E-state index contributed by atoms with van der Waals surface area (Å²) in [6.07, 6.45) is 0.809. The first-order chi connectivity index (χ1) is 16.4. The van der Waals surface area contributed by atoms with Crippen molar-refractivity contribution in [3.05, 3.63) is 53.6 Å². The van der Waals surface area contributed by atoms with Crippen LogP contribution in [-0.2, 0) is 21.3 Å². The van der Waals surface area contributed by atoms with Gasteiger partial charge >= 0.3 is 0 Å². The average Bonchev–Trinajstić information content (AvgIpc) is 3.30.